The van der Waals surface area contributed by atoms with Gasteiger partial charge in [0.25, 0.3) is 5.91 Å². The largest absolute Gasteiger partial charge is 0.399 e. The van der Waals surface area contributed by atoms with Gasteiger partial charge in [0.1, 0.15) is 0 Å². The van der Waals surface area contributed by atoms with E-state index in [9.17, 15) is 4.79 Å². The van der Waals surface area contributed by atoms with E-state index in [4.69, 9.17) is 5.73 Å². The average Bonchev–Trinajstić information content (AvgIpc) is 2.82. The zero-order valence-corrected chi connectivity index (χ0v) is 11.7. The quantitative estimate of drug-likeness (QED) is 0.623. The zero-order chi connectivity index (χ0) is 14.5. The maximum absolute atomic E-state index is 12.0. The molecule has 0 bridgehead atoms. The molecule has 5 N–H and O–H groups in total. The number of carbonyl (C=O) groups is 1. The molecule has 0 radical (unpaired) electrons. The van der Waals surface area contributed by atoms with Crippen LogP contribution in [-0.4, -0.2) is 22.6 Å². The number of amides is 1. The molecule has 1 aromatic heterocycles. The number of carbonyl (C=O) groups excluding carboxylic acids is 1. The van der Waals surface area contributed by atoms with Crippen molar-refractivity contribution in [3.63, 3.8) is 0 Å². The predicted molar refractivity (Wildman–Crippen MR) is 79.5 cm³/mol. The SMILES string of the molecule is CCNC(=O)c1ccc(N)cc1NCc1cn[nH]c1C. The van der Waals surface area contributed by atoms with Gasteiger partial charge in [-0.1, -0.05) is 0 Å². The molecule has 6 heteroatoms. The molecule has 6 nitrogen and oxygen atoms in total. The summed E-state index contributed by atoms with van der Waals surface area (Å²) >= 11 is 0. The van der Waals surface area contributed by atoms with E-state index in [0.29, 0.717) is 24.3 Å². The highest BCUT2D eigenvalue weighted by Crippen LogP contribution is 2.20. The summed E-state index contributed by atoms with van der Waals surface area (Å²) in [5, 5.41) is 12.9. The van der Waals surface area contributed by atoms with Crippen LogP contribution in [0.3, 0.4) is 0 Å². The third kappa shape index (κ3) is 3.09. The highest BCUT2D eigenvalue weighted by Gasteiger charge is 2.11. The van der Waals surface area contributed by atoms with Crippen LogP contribution in [0.15, 0.2) is 24.4 Å². The van der Waals surface area contributed by atoms with E-state index in [1.54, 1.807) is 24.4 Å². The van der Waals surface area contributed by atoms with Crippen molar-refractivity contribution < 1.29 is 4.79 Å². The molecule has 0 aliphatic rings. The second kappa shape index (κ2) is 6.10. The lowest BCUT2D eigenvalue weighted by Gasteiger charge is -2.12. The fraction of sp³-hybridized carbons (Fsp3) is 0.286. The van der Waals surface area contributed by atoms with Crippen LogP contribution in [0.4, 0.5) is 11.4 Å². The van der Waals surface area contributed by atoms with Gasteiger partial charge in [0, 0.05) is 35.7 Å². The minimum atomic E-state index is -0.112. The Labute approximate surface area is 117 Å². The van der Waals surface area contributed by atoms with Gasteiger partial charge >= 0.3 is 0 Å². The first-order valence-corrected chi connectivity index (χ1v) is 6.52. The number of hydrogen-bond donors (Lipinski definition) is 4. The monoisotopic (exact) mass is 273 g/mol. The van der Waals surface area contributed by atoms with E-state index in [0.717, 1.165) is 16.9 Å². The van der Waals surface area contributed by atoms with Crippen molar-refractivity contribution in [2.45, 2.75) is 20.4 Å². The summed E-state index contributed by atoms with van der Waals surface area (Å²) in [7, 11) is 0. The molecule has 0 saturated heterocycles. The summed E-state index contributed by atoms with van der Waals surface area (Å²) in [5.74, 6) is -0.112. The Bertz CT molecular complexity index is 605. The predicted octanol–water partition coefficient (Wildman–Crippen LogP) is 1.66. The molecule has 1 heterocycles. The van der Waals surface area contributed by atoms with Gasteiger partial charge in [-0.2, -0.15) is 5.10 Å². The highest BCUT2D eigenvalue weighted by atomic mass is 16.1. The van der Waals surface area contributed by atoms with Gasteiger partial charge in [-0.3, -0.25) is 9.89 Å². The number of anilines is 2. The van der Waals surface area contributed by atoms with Gasteiger partial charge in [-0.05, 0) is 32.0 Å². The molecule has 1 aromatic carbocycles. The minimum absolute atomic E-state index is 0.112. The van der Waals surface area contributed by atoms with Gasteiger partial charge in [0.05, 0.1) is 11.8 Å². The second-order valence-electron chi connectivity index (χ2n) is 4.54. The Kier molecular flexibility index (Phi) is 4.24. The zero-order valence-electron chi connectivity index (χ0n) is 11.7. The van der Waals surface area contributed by atoms with Crippen LogP contribution in [0.5, 0.6) is 0 Å². The molecule has 0 atom stereocenters. The Morgan fingerprint density at radius 1 is 1.45 bits per heavy atom. The van der Waals surface area contributed by atoms with Crippen LogP contribution in [-0.2, 0) is 6.54 Å². The van der Waals surface area contributed by atoms with E-state index in [1.807, 2.05) is 13.8 Å². The summed E-state index contributed by atoms with van der Waals surface area (Å²) in [4.78, 5) is 12.0. The van der Waals surface area contributed by atoms with Gasteiger partial charge in [-0.25, -0.2) is 0 Å². The summed E-state index contributed by atoms with van der Waals surface area (Å²) in [6, 6.07) is 5.21. The summed E-state index contributed by atoms with van der Waals surface area (Å²) in [6.45, 7) is 5.01. The summed E-state index contributed by atoms with van der Waals surface area (Å²) in [5.41, 5.74) is 9.76. The van der Waals surface area contributed by atoms with Crippen molar-refractivity contribution in [2.75, 3.05) is 17.6 Å². The normalized spacial score (nSPS) is 10.3. The minimum Gasteiger partial charge on any atom is -0.399 e. The Hall–Kier alpha value is -2.50. The topological polar surface area (TPSA) is 95.8 Å². The van der Waals surface area contributed by atoms with Crippen LogP contribution >= 0.6 is 0 Å². The molecule has 0 aliphatic heterocycles. The van der Waals surface area contributed by atoms with Crippen LogP contribution in [0, 0.1) is 6.92 Å². The van der Waals surface area contributed by atoms with E-state index in [2.05, 4.69) is 20.8 Å². The number of aromatic nitrogens is 2. The standard InChI is InChI=1S/C14H19N5O/c1-3-16-14(20)12-5-4-11(15)6-13(12)17-7-10-8-18-19-9(10)2/h4-6,8,17H,3,7,15H2,1-2H3,(H,16,20)(H,18,19). The lowest BCUT2D eigenvalue weighted by atomic mass is 10.1. The first-order chi connectivity index (χ1) is 9.61. The first kappa shape index (κ1) is 13.9. The molecule has 2 rings (SSSR count). The molecular formula is C14H19N5O. The highest BCUT2D eigenvalue weighted by molar-refractivity contribution is 6.00. The molecule has 20 heavy (non-hydrogen) atoms. The smallest absolute Gasteiger partial charge is 0.253 e. The van der Waals surface area contributed by atoms with Crippen molar-refractivity contribution >= 4 is 17.3 Å². The molecular weight excluding hydrogens is 254 g/mol. The van der Waals surface area contributed by atoms with Gasteiger partial charge in [-0.15, -0.1) is 0 Å². The molecule has 106 valence electrons. The van der Waals surface area contributed by atoms with E-state index in [1.165, 1.54) is 0 Å². The van der Waals surface area contributed by atoms with Crippen LogP contribution in [0.25, 0.3) is 0 Å². The van der Waals surface area contributed by atoms with E-state index >= 15 is 0 Å². The maximum atomic E-state index is 12.0. The van der Waals surface area contributed by atoms with Crippen molar-refractivity contribution in [2.24, 2.45) is 0 Å². The first-order valence-electron chi connectivity index (χ1n) is 6.52. The van der Waals surface area contributed by atoms with Gasteiger partial charge in [0.15, 0.2) is 0 Å². The fourth-order valence-corrected chi connectivity index (χ4v) is 1.91. The molecule has 0 unspecified atom stereocenters. The molecule has 0 aliphatic carbocycles. The van der Waals surface area contributed by atoms with Crippen LogP contribution in [0.1, 0.15) is 28.5 Å². The Morgan fingerprint density at radius 2 is 2.25 bits per heavy atom. The third-order valence-corrected chi connectivity index (χ3v) is 3.03. The number of nitrogens with one attached hydrogen (secondary N) is 3. The van der Waals surface area contributed by atoms with Crippen LogP contribution < -0.4 is 16.4 Å². The number of aryl methyl sites for hydroxylation is 1. The number of H-pyrrole nitrogens is 1. The lowest BCUT2D eigenvalue weighted by molar-refractivity contribution is 0.0956. The van der Waals surface area contributed by atoms with Gasteiger partial charge in [0.2, 0.25) is 0 Å². The van der Waals surface area contributed by atoms with Crippen molar-refractivity contribution in [1.29, 1.82) is 0 Å². The van der Waals surface area contributed by atoms with Crippen LogP contribution in [0.2, 0.25) is 0 Å². The number of hydrogen-bond acceptors (Lipinski definition) is 4. The van der Waals surface area contributed by atoms with Crippen molar-refractivity contribution in [3.8, 4) is 0 Å². The Morgan fingerprint density at radius 3 is 2.90 bits per heavy atom. The molecule has 0 spiro atoms. The molecule has 0 saturated carbocycles. The fourth-order valence-electron chi connectivity index (χ4n) is 1.91. The summed E-state index contributed by atoms with van der Waals surface area (Å²) in [6.07, 6.45) is 1.76. The van der Waals surface area contributed by atoms with Crippen molar-refractivity contribution in [1.82, 2.24) is 15.5 Å². The van der Waals surface area contributed by atoms with E-state index < -0.39 is 0 Å². The average molecular weight is 273 g/mol. The summed E-state index contributed by atoms with van der Waals surface area (Å²) < 4.78 is 0. The molecule has 2 aromatic rings. The number of benzene rings is 1. The van der Waals surface area contributed by atoms with Gasteiger partial charge < -0.3 is 16.4 Å². The Balaban J connectivity index is 2.19. The molecule has 0 fully saturated rings. The second-order valence-corrected chi connectivity index (χ2v) is 4.54. The number of nitrogens with two attached hydrogens (primary N) is 1. The maximum Gasteiger partial charge on any atom is 0.253 e. The van der Waals surface area contributed by atoms with Crippen molar-refractivity contribution in [3.05, 3.63) is 41.2 Å². The third-order valence-electron chi connectivity index (χ3n) is 3.03. The number of aromatic amines is 1. The number of nitrogen functional groups attached to an aromatic ring is 1. The molecule has 1 amide bonds. The van der Waals surface area contributed by atoms with E-state index in [-0.39, 0.29) is 5.91 Å². The number of nitrogens with zero attached hydrogens (tertiary/aromatic N) is 1. The lowest BCUT2D eigenvalue weighted by Crippen LogP contribution is -2.24. The number of rotatable bonds is 5.